The Morgan fingerprint density at radius 1 is 1.47 bits per heavy atom. The zero-order valence-corrected chi connectivity index (χ0v) is 10.2. The Morgan fingerprint density at radius 3 is 2.58 bits per heavy atom. The van der Waals surface area contributed by atoms with Crippen molar-refractivity contribution in [1.29, 1.82) is 0 Å². The van der Waals surface area contributed by atoms with Crippen LogP contribution in [0.25, 0.3) is 0 Å². The van der Waals surface area contributed by atoms with Crippen molar-refractivity contribution in [3.63, 3.8) is 0 Å². The number of nitro groups is 1. The fourth-order valence-electron chi connectivity index (χ4n) is 1.69. The second-order valence-electron chi connectivity index (χ2n) is 4.06. The van der Waals surface area contributed by atoms with Gasteiger partial charge in [0, 0.05) is 12.0 Å². The molecule has 0 spiro atoms. The summed E-state index contributed by atoms with van der Waals surface area (Å²) in [7, 11) is 0. The highest BCUT2D eigenvalue weighted by atomic mass is 19.4. The first-order valence-corrected chi connectivity index (χ1v) is 5.65. The minimum atomic E-state index is -4.40. The van der Waals surface area contributed by atoms with E-state index >= 15 is 0 Å². The Labute approximate surface area is 107 Å². The third kappa shape index (κ3) is 4.38. The van der Waals surface area contributed by atoms with E-state index in [2.05, 4.69) is 0 Å². The van der Waals surface area contributed by atoms with Crippen LogP contribution in [0.4, 0.5) is 19.0 Å². The van der Waals surface area contributed by atoms with E-state index in [9.17, 15) is 28.1 Å². The van der Waals surface area contributed by atoms with Gasteiger partial charge in [0.1, 0.15) is 6.54 Å². The van der Waals surface area contributed by atoms with Crippen molar-refractivity contribution in [3.8, 4) is 0 Å². The molecule has 0 fully saturated rings. The van der Waals surface area contributed by atoms with Crippen LogP contribution in [0.3, 0.4) is 0 Å². The molecule has 0 atom stereocenters. The lowest BCUT2D eigenvalue weighted by molar-refractivity contribution is -0.392. The zero-order chi connectivity index (χ0) is 14.6. The minimum absolute atomic E-state index is 0.233. The Morgan fingerprint density at radius 2 is 2.11 bits per heavy atom. The zero-order valence-electron chi connectivity index (χ0n) is 10.2. The standard InChI is InChI=1S/C11H13F3N2O3/c1-2-8-4-6-15(10(8)16(18)19)7-9(17)3-5-11(12,13)14/h4,6H,2-3,5,7H2,1H3. The van der Waals surface area contributed by atoms with Crippen LogP contribution >= 0.6 is 0 Å². The first-order valence-electron chi connectivity index (χ1n) is 5.65. The van der Waals surface area contributed by atoms with Gasteiger partial charge in [0.25, 0.3) is 0 Å². The van der Waals surface area contributed by atoms with E-state index in [1.807, 2.05) is 0 Å². The van der Waals surface area contributed by atoms with Crippen LogP contribution in [-0.4, -0.2) is 21.4 Å². The molecule has 106 valence electrons. The predicted octanol–water partition coefficient (Wildman–Crippen LogP) is 2.87. The van der Waals surface area contributed by atoms with E-state index in [4.69, 9.17) is 0 Å². The summed E-state index contributed by atoms with van der Waals surface area (Å²) in [5, 5.41) is 10.9. The summed E-state index contributed by atoms with van der Waals surface area (Å²) in [6, 6.07) is 1.50. The Balaban J connectivity index is 2.75. The van der Waals surface area contributed by atoms with Crippen LogP contribution in [0.15, 0.2) is 12.3 Å². The van der Waals surface area contributed by atoms with Gasteiger partial charge < -0.3 is 10.1 Å². The molecule has 0 aliphatic carbocycles. The predicted molar refractivity (Wildman–Crippen MR) is 60.8 cm³/mol. The molecule has 8 heteroatoms. The maximum Gasteiger partial charge on any atom is 0.389 e. The number of halogens is 3. The van der Waals surface area contributed by atoms with Crippen molar-refractivity contribution in [2.45, 2.75) is 38.9 Å². The molecule has 0 unspecified atom stereocenters. The monoisotopic (exact) mass is 278 g/mol. The Kier molecular flexibility index (Phi) is 4.68. The smallest absolute Gasteiger partial charge is 0.358 e. The summed E-state index contributed by atoms with van der Waals surface area (Å²) >= 11 is 0. The molecule has 0 aliphatic heterocycles. The third-order valence-electron chi connectivity index (χ3n) is 2.60. The van der Waals surface area contributed by atoms with Gasteiger partial charge in [-0.1, -0.05) is 6.92 Å². The van der Waals surface area contributed by atoms with Gasteiger partial charge in [0.2, 0.25) is 0 Å². The molecule has 5 nitrogen and oxygen atoms in total. The number of carbonyl (C=O) groups excluding carboxylic acids is 1. The molecule has 0 aromatic carbocycles. The maximum atomic E-state index is 12.0. The van der Waals surface area contributed by atoms with E-state index in [-0.39, 0.29) is 5.82 Å². The highest BCUT2D eigenvalue weighted by Gasteiger charge is 2.29. The van der Waals surface area contributed by atoms with Gasteiger partial charge in [-0.2, -0.15) is 13.2 Å². The van der Waals surface area contributed by atoms with Gasteiger partial charge in [0.15, 0.2) is 5.78 Å². The number of nitrogens with zero attached hydrogens (tertiary/aromatic N) is 2. The Hall–Kier alpha value is -1.86. The van der Waals surface area contributed by atoms with Gasteiger partial charge in [0.05, 0.1) is 12.6 Å². The van der Waals surface area contributed by atoms with Crippen LogP contribution in [0.1, 0.15) is 25.3 Å². The van der Waals surface area contributed by atoms with E-state index < -0.39 is 36.3 Å². The number of aromatic nitrogens is 1. The lowest BCUT2D eigenvalue weighted by atomic mass is 10.2. The summed E-state index contributed by atoms with van der Waals surface area (Å²) < 4.78 is 36.9. The molecule has 0 saturated carbocycles. The van der Waals surface area contributed by atoms with Gasteiger partial charge >= 0.3 is 12.0 Å². The number of hydrogen-bond acceptors (Lipinski definition) is 3. The molecule has 19 heavy (non-hydrogen) atoms. The molecular formula is C11H13F3N2O3. The summed E-state index contributed by atoms with van der Waals surface area (Å²) in [5.74, 6) is -0.915. The van der Waals surface area contributed by atoms with Crippen molar-refractivity contribution in [2.75, 3.05) is 0 Å². The van der Waals surface area contributed by atoms with Crippen LogP contribution in [0.5, 0.6) is 0 Å². The Bertz CT molecular complexity index is 480. The van der Waals surface area contributed by atoms with Crippen LogP contribution in [0, 0.1) is 10.1 Å². The first kappa shape index (κ1) is 15.2. The van der Waals surface area contributed by atoms with Crippen LogP contribution in [-0.2, 0) is 17.8 Å². The number of Topliss-reactive ketones (excluding diaryl/α,β-unsaturated/α-hetero) is 1. The molecule has 1 heterocycles. The summed E-state index contributed by atoms with van der Waals surface area (Å²) in [6.45, 7) is 1.31. The molecule has 1 aromatic heterocycles. The quantitative estimate of drug-likeness (QED) is 0.593. The van der Waals surface area contributed by atoms with Gasteiger partial charge in [-0.25, -0.2) is 4.57 Å². The highest BCUT2D eigenvalue weighted by molar-refractivity contribution is 5.78. The molecular weight excluding hydrogens is 265 g/mol. The second-order valence-corrected chi connectivity index (χ2v) is 4.06. The molecule has 0 aliphatic rings. The largest absolute Gasteiger partial charge is 0.389 e. The number of ketones is 1. The minimum Gasteiger partial charge on any atom is -0.358 e. The number of carbonyl (C=O) groups is 1. The summed E-state index contributed by atoms with van der Waals surface area (Å²) in [4.78, 5) is 21.6. The van der Waals surface area contributed by atoms with E-state index in [0.717, 1.165) is 4.57 Å². The van der Waals surface area contributed by atoms with Gasteiger partial charge in [-0.3, -0.25) is 4.79 Å². The highest BCUT2D eigenvalue weighted by Crippen LogP contribution is 2.23. The average molecular weight is 278 g/mol. The summed E-state index contributed by atoms with van der Waals surface area (Å²) in [5.41, 5.74) is 0.452. The first-order chi connectivity index (χ1) is 8.74. The van der Waals surface area contributed by atoms with E-state index in [0.29, 0.717) is 12.0 Å². The molecule has 0 N–H and O–H groups in total. The average Bonchev–Trinajstić information content (AvgIpc) is 2.68. The molecule has 0 radical (unpaired) electrons. The lowest BCUT2D eigenvalue weighted by Gasteiger charge is -2.05. The normalized spacial score (nSPS) is 11.6. The van der Waals surface area contributed by atoms with Crippen molar-refractivity contribution < 1.29 is 22.9 Å². The van der Waals surface area contributed by atoms with Crippen molar-refractivity contribution >= 4 is 11.6 Å². The second kappa shape index (κ2) is 5.85. The fraction of sp³-hybridized carbons (Fsp3) is 0.545. The van der Waals surface area contributed by atoms with Gasteiger partial charge in [-0.05, 0) is 17.4 Å². The third-order valence-corrected chi connectivity index (χ3v) is 2.60. The number of alkyl halides is 3. The van der Waals surface area contributed by atoms with E-state index in [1.54, 1.807) is 6.92 Å². The SMILES string of the molecule is CCc1ccn(CC(=O)CCC(F)(F)F)c1[N+](=O)[O-]. The van der Waals surface area contributed by atoms with Crippen molar-refractivity contribution in [3.05, 3.63) is 27.9 Å². The maximum absolute atomic E-state index is 12.0. The fourth-order valence-corrected chi connectivity index (χ4v) is 1.69. The molecule has 0 saturated heterocycles. The summed E-state index contributed by atoms with van der Waals surface area (Å²) in [6.07, 6.45) is -4.50. The number of rotatable bonds is 6. The number of aryl methyl sites for hydroxylation is 1. The molecule has 0 amide bonds. The molecule has 1 aromatic rings. The van der Waals surface area contributed by atoms with Crippen LogP contribution in [0.2, 0.25) is 0 Å². The number of hydrogen-bond donors (Lipinski definition) is 0. The topological polar surface area (TPSA) is 65.1 Å². The molecule has 0 bridgehead atoms. The van der Waals surface area contributed by atoms with Crippen LogP contribution < -0.4 is 0 Å². The van der Waals surface area contributed by atoms with Gasteiger partial charge in [-0.15, -0.1) is 0 Å². The molecule has 1 rings (SSSR count). The lowest BCUT2D eigenvalue weighted by Crippen LogP contribution is -2.15. The van der Waals surface area contributed by atoms with E-state index in [1.165, 1.54) is 12.3 Å². The van der Waals surface area contributed by atoms with Crippen molar-refractivity contribution in [2.24, 2.45) is 0 Å². The van der Waals surface area contributed by atoms with Crippen molar-refractivity contribution in [1.82, 2.24) is 4.57 Å².